The van der Waals surface area contributed by atoms with E-state index in [2.05, 4.69) is 5.32 Å². The number of carbonyl (C=O) groups excluding carboxylic acids is 3. The standard InChI is InChI=1S/C14H14N2O5/c1-2-11(17)15-8-3-4-9-10(7-8)14(21)16(13(9)20)6-5-12(18)19/h3-4,7H,2,5-6H2,1H3,(H,15,17)(H,18,19). The molecule has 0 fully saturated rings. The maximum absolute atomic E-state index is 12.1. The van der Waals surface area contributed by atoms with Crippen molar-refractivity contribution >= 4 is 29.4 Å². The Hall–Kier alpha value is -2.70. The maximum atomic E-state index is 12.1. The topological polar surface area (TPSA) is 104 Å². The van der Waals surface area contributed by atoms with E-state index in [1.807, 2.05) is 0 Å². The third-order valence-corrected chi connectivity index (χ3v) is 3.12. The first-order valence-corrected chi connectivity index (χ1v) is 6.46. The largest absolute Gasteiger partial charge is 0.481 e. The average molecular weight is 290 g/mol. The highest BCUT2D eigenvalue weighted by Crippen LogP contribution is 2.26. The molecule has 1 aromatic carbocycles. The van der Waals surface area contributed by atoms with Crippen LogP contribution in [-0.4, -0.2) is 40.2 Å². The van der Waals surface area contributed by atoms with E-state index in [9.17, 15) is 19.2 Å². The van der Waals surface area contributed by atoms with Gasteiger partial charge in [0.1, 0.15) is 0 Å². The zero-order valence-corrected chi connectivity index (χ0v) is 11.4. The molecule has 0 aliphatic carbocycles. The SMILES string of the molecule is CCC(=O)Nc1ccc2c(c1)C(=O)N(CCC(=O)O)C2=O. The van der Waals surface area contributed by atoms with Gasteiger partial charge >= 0.3 is 5.97 Å². The number of imide groups is 1. The zero-order valence-electron chi connectivity index (χ0n) is 11.4. The summed E-state index contributed by atoms with van der Waals surface area (Å²) < 4.78 is 0. The van der Waals surface area contributed by atoms with E-state index in [4.69, 9.17) is 5.11 Å². The number of benzene rings is 1. The quantitative estimate of drug-likeness (QED) is 0.790. The van der Waals surface area contributed by atoms with Crippen LogP contribution in [0.25, 0.3) is 0 Å². The van der Waals surface area contributed by atoms with Crippen molar-refractivity contribution in [2.45, 2.75) is 19.8 Å². The summed E-state index contributed by atoms with van der Waals surface area (Å²) in [6, 6.07) is 4.43. The lowest BCUT2D eigenvalue weighted by Crippen LogP contribution is -2.31. The molecule has 21 heavy (non-hydrogen) atoms. The van der Waals surface area contributed by atoms with Gasteiger partial charge in [0.15, 0.2) is 0 Å². The summed E-state index contributed by atoms with van der Waals surface area (Å²) in [4.78, 5) is 47.0. The van der Waals surface area contributed by atoms with Crippen LogP contribution in [0.2, 0.25) is 0 Å². The maximum Gasteiger partial charge on any atom is 0.305 e. The van der Waals surface area contributed by atoms with Crippen molar-refractivity contribution in [1.82, 2.24) is 4.90 Å². The van der Waals surface area contributed by atoms with Crippen LogP contribution >= 0.6 is 0 Å². The molecule has 3 amide bonds. The molecule has 0 aromatic heterocycles. The number of aliphatic carboxylic acids is 1. The fourth-order valence-corrected chi connectivity index (χ4v) is 2.03. The van der Waals surface area contributed by atoms with Crippen molar-refractivity contribution in [2.75, 3.05) is 11.9 Å². The van der Waals surface area contributed by atoms with Gasteiger partial charge < -0.3 is 10.4 Å². The first-order valence-electron chi connectivity index (χ1n) is 6.46. The molecular weight excluding hydrogens is 276 g/mol. The van der Waals surface area contributed by atoms with Crippen LogP contribution in [0, 0.1) is 0 Å². The van der Waals surface area contributed by atoms with Gasteiger partial charge in [-0.25, -0.2) is 0 Å². The van der Waals surface area contributed by atoms with Gasteiger partial charge in [0, 0.05) is 18.7 Å². The molecule has 2 N–H and O–H groups in total. The summed E-state index contributed by atoms with van der Waals surface area (Å²) in [6.45, 7) is 1.53. The minimum atomic E-state index is -1.08. The van der Waals surface area contributed by atoms with E-state index in [1.54, 1.807) is 6.92 Å². The van der Waals surface area contributed by atoms with Crippen LogP contribution in [0.5, 0.6) is 0 Å². The van der Waals surface area contributed by atoms with E-state index in [1.165, 1.54) is 18.2 Å². The van der Waals surface area contributed by atoms with E-state index in [0.29, 0.717) is 12.1 Å². The van der Waals surface area contributed by atoms with Gasteiger partial charge in [0.05, 0.1) is 17.5 Å². The van der Waals surface area contributed by atoms with Crippen LogP contribution in [0.3, 0.4) is 0 Å². The second-order valence-electron chi connectivity index (χ2n) is 4.57. The molecule has 1 aromatic rings. The fraction of sp³-hybridized carbons (Fsp3) is 0.286. The van der Waals surface area contributed by atoms with Crippen molar-refractivity contribution in [3.8, 4) is 0 Å². The molecular formula is C14H14N2O5. The lowest BCUT2D eigenvalue weighted by atomic mass is 10.1. The Labute approximate surface area is 120 Å². The summed E-state index contributed by atoms with van der Waals surface area (Å²) in [5, 5.41) is 11.2. The Morgan fingerprint density at radius 1 is 1.19 bits per heavy atom. The lowest BCUT2D eigenvalue weighted by Gasteiger charge is -2.11. The number of nitrogens with zero attached hydrogens (tertiary/aromatic N) is 1. The van der Waals surface area contributed by atoms with E-state index < -0.39 is 17.8 Å². The molecule has 1 aliphatic heterocycles. The van der Waals surface area contributed by atoms with Gasteiger partial charge in [-0.1, -0.05) is 6.92 Å². The first-order chi connectivity index (χ1) is 9.93. The molecule has 1 aliphatic rings. The van der Waals surface area contributed by atoms with Crippen molar-refractivity contribution in [1.29, 1.82) is 0 Å². The fourth-order valence-electron chi connectivity index (χ4n) is 2.03. The number of hydrogen-bond donors (Lipinski definition) is 2. The Kier molecular flexibility index (Phi) is 4.02. The number of amides is 3. The molecule has 0 saturated heterocycles. The van der Waals surface area contributed by atoms with Crippen molar-refractivity contribution < 1.29 is 24.3 Å². The minimum absolute atomic E-state index is 0.168. The smallest absolute Gasteiger partial charge is 0.305 e. The third kappa shape index (κ3) is 2.91. The summed E-state index contributed by atoms with van der Waals surface area (Å²) in [5.41, 5.74) is 0.834. The highest BCUT2D eigenvalue weighted by molar-refractivity contribution is 6.22. The number of carboxylic acids is 1. The minimum Gasteiger partial charge on any atom is -0.481 e. The van der Waals surface area contributed by atoms with Crippen molar-refractivity contribution in [2.24, 2.45) is 0 Å². The van der Waals surface area contributed by atoms with E-state index in [-0.39, 0.29) is 30.0 Å². The van der Waals surface area contributed by atoms with Crippen LogP contribution in [0.4, 0.5) is 5.69 Å². The van der Waals surface area contributed by atoms with Gasteiger partial charge in [-0.3, -0.25) is 24.1 Å². The summed E-state index contributed by atoms with van der Waals surface area (Å²) in [6.07, 6.45) is -0.000402. The number of carboxylic acid groups (broad SMARTS) is 1. The van der Waals surface area contributed by atoms with Gasteiger partial charge in [-0.2, -0.15) is 0 Å². The Balaban J connectivity index is 2.23. The van der Waals surface area contributed by atoms with Gasteiger partial charge in [-0.05, 0) is 18.2 Å². The Morgan fingerprint density at radius 3 is 2.48 bits per heavy atom. The summed E-state index contributed by atoms with van der Waals surface area (Å²) in [5.74, 6) is -2.33. The van der Waals surface area contributed by atoms with Gasteiger partial charge in [0.25, 0.3) is 11.8 Å². The highest BCUT2D eigenvalue weighted by atomic mass is 16.4. The number of rotatable bonds is 5. The zero-order chi connectivity index (χ0) is 15.6. The predicted molar refractivity (Wildman–Crippen MR) is 73.0 cm³/mol. The van der Waals surface area contributed by atoms with E-state index in [0.717, 1.165) is 4.90 Å². The monoisotopic (exact) mass is 290 g/mol. The second-order valence-corrected chi connectivity index (χ2v) is 4.57. The molecule has 1 heterocycles. The summed E-state index contributed by atoms with van der Waals surface area (Å²) >= 11 is 0. The number of anilines is 1. The molecule has 0 spiro atoms. The Morgan fingerprint density at radius 2 is 1.86 bits per heavy atom. The molecule has 7 heteroatoms. The van der Waals surface area contributed by atoms with E-state index >= 15 is 0 Å². The lowest BCUT2D eigenvalue weighted by molar-refractivity contribution is -0.137. The highest BCUT2D eigenvalue weighted by Gasteiger charge is 2.35. The molecule has 0 saturated carbocycles. The first kappa shape index (κ1) is 14.7. The molecule has 0 radical (unpaired) electrons. The van der Waals surface area contributed by atoms with Gasteiger partial charge in [0.2, 0.25) is 5.91 Å². The summed E-state index contributed by atoms with van der Waals surface area (Å²) in [7, 11) is 0. The second kappa shape index (κ2) is 5.74. The third-order valence-electron chi connectivity index (χ3n) is 3.12. The molecule has 7 nitrogen and oxygen atoms in total. The predicted octanol–water partition coefficient (Wildman–Crippen LogP) is 1.11. The molecule has 0 atom stereocenters. The molecule has 2 rings (SSSR count). The van der Waals surface area contributed by atoms with Crippen molar-refractivity contribution in [3.05, 3.63) is 29.3 Å². The molecule has 110 valence electrons. The number of nitrogens with one attached hydrogen (secondary N) is 1. The van der Waals surface area contributed by atoms with Crippen LogP contribution in [0.1, 0.15) is 40.5 Å². The van der Waals surface area contributed by atoms with Crippen LogP contribution in [0.15, 0.2) is 18.2 Å². The molecule has 0 unspecified atom stereocenters. The normalized spacial score (nSPS) is 13.3. The Bertz CT molecular complexity index is 638. The van der Waals surface area contributed by atoms with Crippen LogP contribution < -0.4 is 5.32 Å². The average Bonchev–Trinajstić information content (AvgIpc) is 2.68. The number of carbonyl (C=O) groups is 4. The number of hydrogen-bond acceptors (Lipinski definition) is 4. The van der Waals surface area contributed by atoms with Crippen LogP contribution in [-0.2, 0) is 9.59 Å². The molecule has 0 bridgehead atoms. The van der Waals surface area contributed by atoms with Gasteiger partial charge in [-0.15, -0.1) is 0 Å². The van der Waals surface area contributed by atoms with Crippen molar-refractivity contribution in [3.63, 3.8) is 0 Å². The number of fused-ring (bicyclic) bond motifs is 1.